The largest absolute Gasteiger partial charge is 0.486 e. The van der Waals surface area contributed by atoms with Crippen molar-refractivity contribution in [2.24, 2.45) is 5.92 Å². The van der Waals surface area contributed by atoms with Crippen LogP contribution >= 0.6 is 0 Å². The average molecular weight is 403 g/mol. The summed E-state index contributed by atoms with van der Waals surface area (Å²) in [7, 11) is 0. The second-order valence-electron chi connectivity index (χ2n) is 6.39. The molecule has 3 rings (SSSR count). The van der Waals surface area contributed by atoms with E-state index >= 15 is 0 Å². The third-order valence-corrected chi connectivity index (χ3v) is 4.30. The van der Waals surface area contributed by atoms with Gasteiger partial charge in [-0.15, -0.1) is 6.58 Å². The predicted molar refractivity (Wildman–Crippen MR) is 101 cm³/mol. The molecule has 4 amide bonds. The number of carbonyl (C=O) groups is 4. The lowest BCUT2D eigenvalue weighted by Crippen LogP contribution is -2.41. The molecule has 0 aromatic heterocycles. The van der Waals surface area contributed by atoms with E-state index in [1.807, 2.05) is 5.32 Å². The summed E-state index contributed by atoms with van der Waals surface area (Å²) in [5, 5.41) is 4.37. The summed E-state index contributed by atoms with van der Waals surface area (Å²) < 4.78 is 15.9. The van der Waals surface area contributed by atoms with Crippen molar-refractivity contribution in [1.29, 1.82) is 0 Å². The Bertz CT molecular complexity index is 839. The van der Waals surface area contributed by atoms with Gasteiger partial charge in [0.2, 0.25) is 5.91 Å². The first-order valence-corrected chi connectivity index (χ1v) is 9.03. The second-order valence-corrected chi connectivity index (χ2v) is 6.39. The first-order valence-electron chi connectivity index (χ1n) is 9.03. The maximum Gasteiger partial charge on any atom is 0.321 e. The highest BCUT2D eigenvalue weighted by molar-refractivity contribution is 6.00. The molecule has 1 fully saturated rings. The van der Waals surface area contributed by atoms with Crippen LogP contribution in [0.2, 0.25) is 0 Å². The van der Waals surface area contributed by atoms with Crippen LogP contribution in [-0.2, 0) is 19.1 Å². The first-order chi connectivity index (χ1) is 14.0. The maximum absolute atomic E-state index is 12.3. The fourth-order valence-corrected chi connectivity index (χ4v) is 2.94. The molecule has 29 heavy (non-hydrogen) atoms. The van der Waals surface area contributed by atoms with E-state index in [4.69, 9.17) is 14.2 Å². The number of fused-ring (bicyclic) bond motifs is 1. The Hall–Kier alpha value is -3.56. The van der Waals surface area contributed by atoms with E-state index < -0.39 is 30.4 Å². The quantitative estimate of drug-likeness (QED) is 0.519. The highest BCUT2D eigenvalue weighted by atomic mass is 16.6. The third-order valence-electron chi connectivity index (χ3n) is 4.30. The Morgan fingerprint density at radius 2 is 2.00 bits per heavy atom. The second kappa shape index (κ2) is 9.09. The van der Waals surface area contributed by atoms with Crippen molar-refractivity contribution in [1.82, 2.24) is 10.6 Å². The van der Waals surface area contributed by atoms with Gasteiger partial charge in [-0.05, 0) is 12.1 Å². The van der Waals surface area contributed by atoms with Crippen molar-refractivity contribution in [2.75, 3.05) is 37.8 Å². The Morgan fingerprint density at radius 3 is 2.76 bits per heavy atom. The summed E-state index contributed by atoms with van der Waals surface area (Å²) in [5.74, 6) is -1.26. The molecular weight excluding hydrogens is 382 g/mol. The van der Waals surface area contributed by atoms with Gasteiger partial charge < -0.3 is 24.4 Å². The molecule has 0 aliphatic carbocycles. The fraction of sp³-hybridized carbons (Fsp3) is 0.368. The van der Waals surface area contributed by atoms with Gasteiger partial charge in [-0.3, -0.25) is 19.7 Å². The number of amides is 4. The number of hydrogen-bond donors (Lipinski definition) is 2. The molecule has 1 atom stereocenters. The lowest BCUT2D eigenvalue weighted by atomic mass is 10.1. The number of benzene rings is 1. The molecule has 1 aromatic rings. The van der Waals surface area contributed by atoms with Gasteiger partial charge in [0, 0.05) is 31.3 Å². The van der Waals surface area contributed by atoms with E-state index in [0.717, 1.165) is 0 Å². The fourth-order valence-electron chi connectivity index (χ4n) is 2.94. The standard InChI is InChI=1S/C19H21N3O7/c1-2-5-20-19(26)21-16(23)11-29-18(25)12-8-17(24)22(10-12)13-3-4-14-15(9-13)28-7-6-27-14/h2-4,9,12H,1,5-8,10-11H2,(H2,20,21,23,26)/t12-/m0/s1. The number of carbonyl (C=O) groups excluding carboxylic acids is 4. The zero-order valence-corrected chi connectivity index (χ0v) is 15.6. The van der Waals surface area contributed by atoms with Crippen LogP contribution in [-0.4, -0.2) is 56.7 Å². The van der Waals surface area contributed by atoms with E-state index in [9.17, 15) is 19.2 Å². The maximum atomic E-state index is 12.3. The summed E-state index contributed by atoms with van der Waals surface area (Å²) in [6.45, 7) is 4.02. The average Bonchev–Trinajstić information content (AvgIpc) is 3.11. The van der Waals surface area contributed by atoms with Crippen LogP contribution in [0.4, 0.5) is 10.5 Å². The van der Waals surface area contributed by atoms with Crippen molar-refractivity contribution < 1.29 is 33.4 Å². The van der Waals surface area contributed by atoms with Crippen LogP contribution in [0, 0.1) is 5.92 Å². The van der Waals surface area contributed by atoms with E-state index in [2.05, 4.69) is 11.9 Å². The number of hydrogen-bond acceptors (Lipinski definition) is 7. The minimum atomic E-state index is -0.770. The summed E-state index contributed by atoms with van der Waals surface area (Å²) in [4.78, 5) is 49.0. The van der Waals surface area contributed by atoms with Crippen molar-refractivity contribution in [2.45, 2.75) is 6.42 Å². The molecule has 1 saturated heterocycles. The molecule has 10 heteroatoms. The van der Waals surface area contributed by atoms with Crippen LogP contribution in [0.1, 0.15) is 6.42 Å². The normalized spacial score (nSPS) is 17.4. The molecule has 2 aliphatic heterocycles. The predicted octanol–water partition coefficient (Wildman–Crippen LogP) is 0.366. The number of ether oxygens (including phenoxy) is 3. The van der Waals surface area contributed by atoms with Crippen molar-refractivity contribution in [3.63, 3.8) is 0 Å². The van der Waals surface area contributed by atoms with Gasteiger partial charge in [-0.2, -0.15) is 0 Å². The van der Waals surface area contributed by atoms with Crippen LogP contribution in [0.3, 0.4) is 0 Å². The van der Waals surface area contributed by atoms with Gasteiger partial charge in [0.15, 0.2) is 18.1 Å². The van der Waals surface area contributed by atoms with E-state index in [1.165, 1.54) is 11.0 Å². The van der Waals surface area contributed by atoms with Crippen LogP contribution in [0.15, 0.2) is 30.9 Å². The molecule has 2 aliphatic rings. The lowest BCUT2D eigenvalue weighted by Gasteiger charge is -2.22. The number of anilines is 1. The molecule has 10 nitrogen and oxygen atoms in total. The summed E-state index contributed by atoms with van der Waals surface area (Å²) in [5.41, 5.74) is 0.589. The van der Waals surface area contributed by atoms with Crippen molar-refractivity contribution >= 4 is 29.5 Å². The lowest BCUT2D eigenvalue weighted by molar-refractivity contribution is -0.152. The number of urea groups is 1. The topological polar surface area (TPSA) is 123 Å². The summed E-state index contributed by atoms with van der Waals surface area (Å²) >= 11 is 0. The van der Waals surface area contributed by atoms with Crippen molar-refractivity contribution in [3.8, 4) is 11.5 Å². The van der Waals surface area contributed by atoms with Gasteiger partial charge in [0.1, 0.15) is 13.2 Å². The van der Waals surface area contributed by atoms with E-state index in [1.54, 1.807) is 18.2 Å². The minimum absolute atomic E-state index is 0.0330. The highest BCUT2D eigenvalue weighted by Crippen LogP contribution is 2.36. The SMILES string of the molecule is C=CCNC(=O)NC(=O)COC(=O)[C@H]1CC(=O)N(c2ccc3c(c2)OCCO3)C1. The number of nitrogens with one attached hydrogen (secondary N) is 2. The minimum Gasteiger partial charge on any atom is -0.486 e. The van der Waals surface area contributed by atoms with Crippen LogP contribution in [0.5, 0.6) is 11.5 Å². The number of esters is 1. The molecule has 2 N–H and O–H groups in total. The zero-order valence-electron chi connectivity index (χ0n) is 15.6. The molecule has 0 saturated carbocycles. The number of rotatable bonds is 6. The highest BCUT2D eigenvalue weighted by Gasteiger charge is 2.36. The molecular formula is C19H21N3O7. The molecule has 0 unspecified atom stereocenters. The van der Waals surface area contributed by atoms with Crippen LogP contribution < -0.4 is 25.0 Å². The van der Waals surface area contributed by atoms with Gasteiger partial charge in [-0.25, -0.2) is 4.79 Å². The van der Waals surface area contributed by atoms with Gasteiger partial charge in [0.25, 0.3) is 5.91 Å². The Labute approximate surface area is 166 Å². The Morgan fingerprint density at radius 1 is 1.24 bits per heavy atom. The molecule has 1 aromatic carbocycles. The molecule has 0 radical (unpaired) electrons. The molecule has 154 valence electrons. The molecule has 2 heterocycles. The smallest absolute Gasteiger partial charge is 0.321 e. The van der Waals surface area contributed by atoms with E-state index in [0.29, 0.717) is 30.4 Å². The monoisotopic (exact) mass is 403 g/mol. The zero-order chi connectivity index (χ0) is 20.8. The molecule has 0 bridgehead atoms. The number of imide groups is 1. The van der Waals surface area contributed by atoms with Gasteiger partial charge in [0.05, 0.1) is 5.92 Å². The van der Waals surface area contributed by atoms with Gasteiger partial charge >= 0.3 is 12.0 Å². The van der Waals surface area contributed by atoms with Gasteiger partial charge in [-0.1, -0.05) is 6.08 Å². The summed E-state index contributed by atoms with van der Waals surface area (Å²) in [6.07, 6.45) is 1.42. The summed E-state index contributed by atoms with van der Waals surface area (Å²) in [6, 6.07) is 4.40. The Balaban J connectivity index is 1.52. The number of nitrogens with zero attached hydrogens (tertiary/aromatic N) is 1. The van der Waals surface area contributed by atoms with Crippen LogP contribution in [0.25, 0.3) is 0 Å². The van der Waals surface area contributed by atoms with Crippen molar-refractivity contribution in [3.05, 3.63) is 30.9 Å². The molecule has 0 spiro atoms. The van der Waals surface area contributed by atoms with E-state index in [-0.39, 0.29) is 25.4 Å². The first kappa shape index (κ1) is 20.2. The Kier molecular flexibility index (Phi) is 6.32. The third kappa shape index (κ3) is 5.03.